The van der Waals surface area contributed by atoms with E-state index >= 15 is 0 Å². The summed E-state index contributed by atoms with van der Waals surface area (Å²) in [6.07, 6.45) is -0.862. The molecular formula is C26H19F4N5O3S. The number of benzene rings is 2. The van der Waals surface area contributed by atoms with Gasteiger partial charge in [-0.2, -0.15) is 21.6 Å². The van der Waals surface area contributed by atoms with Gasteiger partial charge in [-0.05, 0) is 55.5 Å². The molecule has 0 saturated carbocycles. The van der Waals surface area contributed by atoms with Crippen LogP contribution in [0.15, 0.2) is 90.3 Å². The van der Waals surface area contributed by atoms with Crippen LogP contribution in [0.5, 0.6) is 0 Å². The van der Waals surface area contributed by atoms with Crippen LogP contribution in [-0.4, -0.2) is 32.9 Å². The summed E-state index contributed by atoms with van der Waals surface area (Å²) in [6.45, 7) is 1.72. The fraction of sp³-hybridized carbons (Fsp3) is 0.0769. The van der Waals surface area contributed by atoms with Gasteiger partial charge in [-0.15, -0.1) is 0 Å². The second kappa shape index (κ2) is 11.1. The van der Waals surface area contributed by atoms with Gasteiger partial charge in [0.05, 0.1) is 21.7 Å². The minimum Gasteiger partial charge on any atom is -0.325 e. The van der Waals surface area contributed by atoms with E-state index in [1.54, 1.807) is 49.5 Å². The number of rotatable bonds is 4. The molecule has 0 amide bonds. The maximum atomic E-state index is 14.4. The fourth-order valence-electron chi connectivity index (χ4n) is 3.49. The Kier molecular flexibility index (Phi) is 7.83. The fourth-order valence-corrected chi connectivity index (χ4v) is 3.99. The summed E-state index contributed by atoms with van der Waals surface area (Å²) in [7, 11) is -4.00. The molecule has 2 aromatic carbocycles. The van der Waals surface area contributed by atoms with Crippen molar-refractivity contribution in [2.45, 2.75) is 18.0 Å². The van der Waals surface area contributed by atoms with Crippen LogP contribution in [-0.2, 0) is 16.3 Å². The van der Waals surface area contributed by atoms with Crippen molar-refractivity contribution in [1.29, 1.82) is 0 Å². The van der Waals surface area contributed by atoms with E-state index in [-0.39, 0.29) is 10.7 Å². The van der Waals surface area contributed by atoms with Crippen molar-refractivity contribution in [3.63, 3.8) is 0 Å². The SMILES string of the molecule is Cc1c(Nc2ccc(C(F)(F)F)cn2)ncnc1-c1cc(F)c2cccnc2c1.O=S(=O)(O)c1ccccc1. The molecule has 0 aliphatic carbocycles. The third-order valence-corrected chi connectivity index (χ3v) is 6.27. The van der Waals surface area contributed by atoms with Crippen LogP contribution in [0.2, 0.25) is 0 Å². The highest BCUT2D eigenvalue weighted by Gasteiger charge is 2.30. The van der Waals surface area contributed by atoms with E-state index in [0.29, 0.717) is 33.5 Å². The maximum absolute atomic E-state index is 14.4. The van der Waals surface area contributed by atoms with Gasteiger partial charge in [0.2, 0.25) is 0 Å². The number of alkyl halides is 3. The van der Waals surface area contributed by atoms with Crippen molar-refractivity contribution >= 4 is 32.7 Å². The van der Waals surface area contributed by atoms with Crippen LogP contribution < -0.4 is 5.32 Å². The Hall–Kier alpha value is -4.49. The molecule has 8 nitrogen and oxygen atoms in total. The molecule has 0 aliphatic heterocycles. The average Bonchev–Trinajstić information content (AvgIpc) is 2.90. The molecule has 0 saturated heterocycles. The number of anilines is 2. The molecule has 0 unspecified atom stereocenters. The molecule has 5 aromatic rings. The van der Waals surface area contributed by atoms with Crippen molar-refractivity contribution in [3.05, 3.63) is 102 Å². The van der Waals surface area contributed by atoms with Gasteiger partial charge in [0, 0.05) is 28.9 Å². The molecule has 200 valence electrons. The van der Waals surface area contributed by atoms with Gasteiger partial charge >= 0.3 is 6.18 Å². The number of aromatic nitrogens is 4. The predicted molar refractivity (Wildman–Crippen MR) is 136 cm³/mol. The van der Waals surface area contributed by atoms with Crippen molar-refractivity contribution in [2.24, 2.45) is 0 Å². The third-order valence-electron chi connectivity index (χ3n) is 5.41. The van der Waals surface area contributed by atoms with E-state index < -0.39 is 27.7 Å². The number of fused-ring (bicyclic) bond motifs is 1. The highest BCUT2D eigenvalue weighted by atomic mass is 32.2. The second-order valence-corrected chi connectivity index (χ2v) is 9.49. The van der Waals surface area contributed by atoms with E-state index in [0.717, 1.165) is 12.3 Å². The zero-order valence-corrected chi connectivity index (χ0v) is 20.9. The third kappa shape index (κ3) is 6.69. The molecule has 5 rings (SSSR count). The smallest absolute Gasteiger partial charge is 0.325 e. The molecule has 0 spiro atoms. The molecule has 0 fully saturated rings. The predicted octanol–water partition coefficient (Wildman–Crippen LogP) is 6.23. The van der Waals surface area contributed by atoms with Crippen molar-refractivity contribution < 1.29 is 30.5 Å². The quantitative estimate of drug-likeness (QED) is 0.197. The Labute approximate surface area is 220 Å². The molecule has 0 atom stereocenters. The van der Waals surface area contributed by atoms with Crippen molar-refractivity contribution in [1.82, 2.24) is 19.9 Å². The van der Waals surface area contributed by atoms with Crippen molar-refractivity contribution in [3.8, 4) is 11.3 Å². The molecule has 2 N–H and O–H groups in total. The van der Waals surface area contributed by atoms with Crippen LogP contribution in [0.25, 0.3) is 22.2 Å². The van der Waals surface area contributed by atoms with E-state index in [1.165, 1.54) is 30.6 Å². The summed E-state index contributed by atoms with van der Waals surface area (Å²) in [4.78, 5) is 16.2. The first kappa shape index (κ1) is 27.5. The van der Waals surface area contributed by atoms with Crippen LogP contribution in [0.3, 0.4) is 0 Å². The van der Waals surface area contributed by atoms with E-state index in [2.05, 4.69) is 25.3 Å². The zero-order valence-electron chi connectivity index (χ0n) is 20.1. The molecule has 13 heteroatoms. The molecular weight excluding hydrogens is 538 g/mol. The lowest BCUT2D eigenvalue weighted by molar-refractivity contribution is -0.137. The first-order valence-corrected chi connectivity index (χ1v) is 12.6. The van der Waals surface area contributed by atoms with E-state index in [4.69, 9.17) is 4.55 Å². The molecule has 3 aromatic heterocycles. The number of hydrogen-bond donors (Lipinski definition) is 2. The van der Waals surface area contributed by atoms with Crippen molar-refractivity contribution in [2.75, 3.05) is 5.32 Å². The summed E-state index contributed by atoms with van der Waals surface area (Å²) >= 11 is 0. The first-order valence-electron chi connectivity index (χ1n) is 11.1. The van der Waals surface area contributed by atoms with Gasteiger partial charge in [0.1, 0.15) is 23.8 Å². The van der Waals surface area contributed by atoms with Crippen LogP contribution in [0, 0.1) is 12.7 Å². The molecule has 0 bridgehead atoms. The van der Waals surface area contributed by atoms with Gasteiger partial charge in [-0.1, -0.05) is 18.2 Å². The maximum Gasteiger partial charge on any atom is 0.417 e. The standard InChI is InChI=1S/C20H13F4N5.C6H6O3S/c1-11-18(12-7-15(21)14-3-2-6-25-16(14)8-12)27-10-28-19(11)29-17-5-4-13(9-26-17)20(22,23)24;7-10(8,9)6-4-2-1-3-5-6/h2-10H,1H3,(H,26,27,28,29);1-5H,(H,7,8,9). The molecule has 39 heavy (non-hydrogen) atoms. The number of hydrogen-bond acceptors (Lipinski definition) is 7. The topological polar surface area (TPSA) is 118 Å². The Bertz CT molecular complexity index is 1720. The monoisotopic (exact) mass is 557 g/mol. The molecule has 0 radical (unpaired) electrons. The summed E-state index contributed by atoms with van der Waals surface area (Å²) in [5.74, 6) is 0.114. The number of nitrogens with zero attached hydrogens (tertiary/aromatic N) is 4. The Morgan fingerprint density at radius 1 is 0.897 bits per heavy atom. The van der Waals surface area contributed by atoms with Crippen LogP contribution in [0.1, 0.15) is 11.1 Å². The number of halogens is 4. The Morgan fingerprint density at radius 2 is 1.64 bits per heavy atom. The Morgan fingerprint density at radius 3 is 2.26 bits per heavy atom. The highest BCUT2D eigenvalue weighted by Crippen LogP contribution is 2.31. The normalized spacial score (nSPS) is 11.5. The zero-order chi connectivity index (χ0) is 28.2. The average molecular weight is 558 g/mol. The van der Waals surface area contributed by atoms with Gasteiger partial charge in [0.25, 0.3) is 10.1 Å². The second-order valence-electron chi connectivity index (χ2n) is 8.07. The largest absolute Gasteiger partial charge is 0.417 e. The molecule has 0 aliphatic rings. The minimum absolute atomic E-state index is 0.0741. The summed E-state index contributed by atoms with van der Waals surface area (Å²) in [5, 5.41) is 3.27. The Balaban J connectivity index is 0.000000298. The minimum atomic E-state index is -4.46. The number of nitrogens with one attached hydrogen (secondary N) is 1. The lowest BCUT2D eigenvalue weighted by Gasteiger charge is -2.12. The first-order chi connectivity index (χ1) is 18.4. The molecule has 3 heterocycles. The lowest BCUT2D eigenvalue weighted by Crippen LogP contribution is -2.06. The van der Waals surface area contributed by atoms with Crippen LogP contribution in [0.4, 0.5) is 29.2 Å². The summed E-state index contributed by atoms with van der Waals surface area (Å²) in [5.41, 5.74) is 1.21. The van der Waals surface area contributed by atoms with Gasteiger partial charge < -0.3 is 5.32 Å². The van der Waals surface area contributed by atoms with Gasteiger partial charge in [0.15, 0.2) is 0 Å². The lowest BCUT2D eigenvalue weighted by atomic mass is 10.0. The van der Waals surface area contributed by atoms with Gasteiger partial charge in [-0.25, -0.2) is 19.3 Å². The summed E-state index contributed by atoms with van der Waals surface area (Å²) in [6, 6.07) is 15.9. The van der Waals surface area contributed by atoms with Gasteiger partial charge in [-0.3, -0.25) is 9.54 Å². The summed E-state index contributed by atoms with van der Waals surface area (Å²) < 4.78 is 81.7. The van der Waals surface area contributed by atoms with E-state index in [1.807, 2.05) is 0 Å². The van der Waals surface area contributed by atoms with Crippen LogP contribution >= 0.6 is 0 Å². The highest BCUT2D eigenvalue weighted by molar-refractivity contribution is 7.85. The number of pyridine rings is 2. The van der Waals surface area contributed by atoms with E-state index in [9.17, 15) is 26.0 Å².